The van der Waals surface area contributed by atoms with Gasteiger partial charge >= 0.3 is 5.97 Å². The summed E-state index contributed by atoms with van der Waals surface area (Å²) in [4.78, 5) is 21.8. The number of hydrogen-bond donors (Lipinski definition) is 2. The van der Waals surface area contributed by atoms with Gasteiger partial charge in [-0.1, -0.05) is 25.5 Å². The average molecular weight is 301 g/mol. The molecule has 22 heavy (non-hydrogen) atoms. The zero-order valence-corrected chi connectivity index (χ0v) is 13.0. The Hall–Kier alpha value is -1.88. The summed E-state index contributed by atoms with van der Waals surface area (Å²) in [6, 6.07) is 8.04. The standard InChI is InChI=1S/C17H23N3O2/c1-2-3-9-20-10-8-12(17(21)22)11-15(20)16-18-13-6-4-5-7-14(13)19-16/h4-7,12,15H,2-3,8-11H2,1H3,(H,18,19)(H,21,22). The SMILES string of the molecule is CCCCN1CCC(C(=O)O)CC1c1nc2ccccc2[nH]1. The highest BCUT2D eigenvalue weighted by molar-refractivity contribution is 5.75. The van der Waals surface area contributed by atoms with Crippen molar-refractivity contribution in [2.75, 3.05) is 13.1 Å². The number of fused-ring (bicyclic) bond motifs is 1. The number of imidazole rings is 1. The van der Waals surface area contributed by atoms with Crippen LogP contribution in [0.2, 0.25) is 0 Å². The third kappa shape index (κ3) is 2.99. The summed E-state index contributed by atoms with van der Waals surface area (Å²) >= 11 is 0. The predicted octanol–water partition coefficient (Wildman–Crippen LogP) is 3.20. The molecule has 118 valence electrons. The van der Waals surface area contributed by atoms with Crippen LogP contribution >= 0.6 is 0 Å². The van der Waals surface area contributed by atoms with Crippen molar-refractivity contribution in [2.24, 2.45) is 5.92 Å². The Balaban J connectivity index is 1.88. The van der Waals surface area contributed by atoms with E-state index in [0.29, 0.717) is 6.42 Å². The summed E-state index contributed by atoms with van der Waals surface area (Å²) in [5.74, 6) is -0.0457. The van der Waals surface area contributed by atoms with Crippen LogP contribution in [0.3, 0.4) is 0 Å². The fourth-order valence-corrected chi connectivity index (χ4v) is 3.28. The third-order valence-corrected chi connectivity index (χ3v) is 4.58. The van der Waals surface area contributed by atoms with Gasteiger partial charge in [0.1, 0.15) is 5.82 Å². The van der Waals surface area contributed by atoms with E-state index >= 15 is 0 Å². The van der Waals surface area contributed by atoms with Gasteiger partial charge in [-0.2, -0.15) is 0 Å². The topological polar surface area (TPSA) is 69.2 Å². The Morgan fingerprint density at radius 1 is 1.45 bits per heavy atom. The maximum atomic E-state index is 11.4. The first-order valence-corrected chi connectivity index (χ1v) is 8.10. The number of aromatic nitrogens is 2. The minimum Gasteiger partial charge on any atom is -0.481 e. The fourth-order valence-electron chi connectivity index (χ4n) is 3.28. The van der Waals surface area contributed by atoms with Crippen molar-refractivity contribution < 1.29 is 9.90 Å². The van der Waals surface area contributed by atoms with Gasteiger partial charge in [0.15, 0.2) is 0 Å². The number of likely N-dealkylation sites (tertiary alicyclic amines) is 1. The normalized spacial score (nSPS) is 23.0. The number of H-pyrrole nitrogens is 1. The summed E-state index contributed by atoms with van der Waals surface area (Å²) in [6.45, 7) is 4.02. The van der Waals surface area contributed by atoms with Crippen LogP contribution in [-0.2, 0) is 4.79 Å². The van der Waals surface area contributed by atoms with Gasteiger partial charge in [-0.25, -0.2) is 4.98 Å². The molecule has 2 unspecified atom stereocenters. The number of hydrogen-bond acceptors (Lipinski definition) is 3. The highest BCUT2D eigenvalue weighted by atomic mass is 16.4. The van der Waals surface area contributed by atoms with E-state index in [4.69, 9.17) is 4.98 Å². The minimum atomic E-state index is -0.684. The first kappa shape index (κ1) is 15.0. The van der Waals surface area contributed by atoms with Crippen LogP contribution in [0.15, 0.2) is 24.3 Å². The summed E-state index contributed by atoms with van der Waals surface area (Å²) in [6.07, 6.45) is 3.65. The zero-order chi connectivity index (χ0) is 15.5. The summed E-state index contributed by atoms with van der Waals surface area (Å²) < 4.78 is 0. The number of carbonyl (C=O) groups is 1. The van der Waals surface area contributed by atoms with Gasteiger partial charge in [0, 0.05) is 0 Å². The van der Waals surface area contributed by atoms with Crippen LogP contribution in [0.5, 0.6) is 0 Å². The van der Waals surface area contributed by atoms with Gasteiger partial charge in [-0.15, -0.1) is 0 Å². The average Bonchev–Trinajstić information content (AvgIpc) is 2.96. The van der Waals surface area contributed by atoms with E-state index in [9.17, 15) is 9.90 Å². The smallest absolute Gasteiger partial charge is 0.306 e. The van der Waals surface area contributed by atoms with Crippen molar-refractivity contribution in [3.63, 3.8) is 0 Å². The molecule has 1 fully saturated rings. The molecule has 0 amide bonds. The number of benzene rings is 1. The number of aromatic amines is 1. The minimum absolute atomic E-state index is 0.0776. The van der Waals surface area contributed by atoms with E-state index in [2.05, 4.69) is 16.8 Å². The lowest BCUT2D eigenvalue weighted by molar-refractivity contribution is -0.144. The number of nitrogens with one attached hydrogen (secondary N) is 1. The van der Waals surface area contributed by atoms with Gasteiger partial charge in [-0.3, -0.25) is 9.69 Å². The number of nitrogens with zero attached hydrogens (tertiary/aromatic N) is 2. The Bertz CT molecular complexity index is 619. The van der Waals surface area contributed by atoms with Crippen molar-refractivity contribution in [2.45, 2.75) is 38.6 Å². The molecule has 1 aromatic carbocycles. The summed E-state index contributed by atoms with van der Waals surface area (Å²) in [5.41, 5.74) is 1.97. The Morgan fingerprint density at radius 2 is 2.27 bits per heavy atom. The maximum Gasteiger partial charge on any atom is 0.306 e. The second-order valence-corrected chi connectivity index (χ2v) is 6.10. The molecule has 2 atom stereocenters. The number of unbranched alkanes of at least 4 members (excludes halogenated alkanes) is 1. The lowest BCUT2D eigenvalue weighted by atomic mass is 9.90. The van der Waals surface area contributed by atoms with E-state index in [0.717, 1.165) is 49.2 Å². The number of aliphatic carboxylic acids is 1. The number of carboxylic acid groups (broad SMARTS) is 1. The highest BCUT2D eigenvalue weighted by Crippen LogP contribution is 2.34. The summed E-state index contributed by atoms with van der Waals surface area (Å²) in [7, 11) is 0. The van der Waals surface area contributed by atoms with Crippen molar-refractivity contribution in [1.82, 2.24) is 14.9 Å². The van der Waals surface area contributed by atoms with Crippen molar-refractivity contribution in [3.8, 4) is 0 Å². The highest BCUT2D eigenvalue weighted by Gasteiger charge is 2.34. The molecule has 1 aliphatic heterocycles. The number of para-hydroxylation sites is 2. The molecule has 0 bridgehead atoms. The molecular weight excluding hydrogens is 278 g/mol. The van der Waals surface area contributed by atoms with Crippen LogP contribution in [-0.4, -0.2) is 39.0 Å². The van der Waals surface area contributed by atoms with E-state index in [1.54, 1.807) is 0 Å². The summed E-state index contributed by atoms with van der Waals surface area (Å²) in [5, 5.41) is 9.36. The molecule has 0 saturated carbocycles. The van der Waals surface area contributed by atoms with E-state index in [1.807, 2.05) is 24.3 Å². The molecule has 0 aliphatic carbocycles. The lowest BCUT2D eigenvalue weighted by Crippen LogP contribution is -2.40. The lowest BCUT2D eigenvalue weighted by Gasteiger charge is -2.37. The number of carboxylic acids is 1. The first-order valence-electron chi connectivity index (χ1n) is 8.10. The number of rotatable bonds is 5. The van der Waals surface area contributed by atoms with E-state index < -0.39 is 5.97 Å². The first-order chi connectivity index (χ1) is 10.7. The van der Waals surface area contributed by atoms with Crippen LogP contribution in [0.25, 0.3) is 11.0 Å². The molecule has 2 N–H and O–H groups in total. The van der Waals surface area contributed by atoms with Crippen molar-refractivity contribution >= 4 is 17.0 Å². The zero-order valence-electron chi connectivity index (χ0n) is 13.0. The number of piperidine rings is 1. The molecule has 0 spiro atoms. The molecule has 3 rings (SSSR count). The molecule has 2 aromatic rings. The quantitative estimate of drug-likeness (QED) is 0.890. The van der Waals surface area contributed by atoms with Crippen molar-refractivity contribution in [1.29, 1.82) is 0 Å². The molecule has 0 radical (unpaired) electrons. The Labute approximate surface area is 130 Å². The molecule has 1 aromatic heterocycles. The van der Waals surface area contributed by atoms with Crippen LogP contribution in [0, 0.1) is 5.92 Å². The maximum absolute atomic E-state index is 11.4. The van der Waals surface area contributed by atoms with Gasteiger partial charge in [0.05, 0.1) is 23.0 Å². The predicted molar refractivity (Wildman–Crippen MR) is 85.7 cm³/mol. The second kappa shape index (κ2) is 6.48. The molecule has 5 heteroatoms. The Morgan fingerprint density at radius 3 is 3.00 bits per heavy atom. The molecule has 2 heterocycles. The molecule has 5 nitrogen and oxygen atoms in total. The fraction of sp³-hybridized carbons (Fsp3) is 0.529. The third-order valence-electron chi connectivity index (χ3n) is 4.58. The van der Waals surface area contributed by atoms with Gasteiger partial charge < -0.3 is 10.1 Å². The van der Waals surface area contributed by atoms with Crippen LogP contribution in [0.1, 0.15) is 44.5 Å². The van der Waals surface area contributed by atoms with Gasteiger partial charge in [-0.05, 0) is 44.5 Å². The second-order valence-electron chi connectivity index (χ2n) is 6.10. The monoisotopic (exact) mass is 301 g/mol. The van der Waals surface area contributed by atoms with Crippen LogP contribution in [0.4, 0.5) is 0 Å². The van der Waals surface area contributed by atoms with Crippen LogP contribution < -0.4 is 0 Å². The molecule has 1 saturated heterocycles. The molecule has 1 aliphatic rings. The van der Waals surface area contributed by atoms with Gasteiger partial charge in [0.2, 0.25) is 0 Å². The Kier molecular flexibility index (Phi) is 4.43. The van der Waals surface area contributed by atoms with Gasteiger partial charge in [0.25, 0.3) is 0 Å². The van der Waals surface area contributed by atoms with E-state index in [1.165, 1.54) is 0 Å². The van der Waals surface area contributed by atoms with E-state index in [-0.39, 0.29) is 12.0 Å². The largest absolute Gasteiger partial charge is 0.481 e. The van der Waals surface area contributed by atoms with Crippen molar-refractivity contribution in [3.05, 3.63) is 30.1 Å². The molecular formula is C17H23N3O2.